The third kappa shape index (κ3) is 3.74. The molecule has 0 spiro atoms. The lowest BCUT2D eigenvalue weighted by molar-refractivity contribution is -0.115. The molecule has 0 unspecified atom stereocenters. The van der Waals surface area contributed by atoms with Crippen LogP contribution in [-0.2, 0) is 11.2 Å². The lowest BCUT2D eigenvalue weighted by Crippen LogP contribution is -2.15. The van der Waals surface area contributed by atoms with Gasteiger partial charge in [0.1, 0.15) is 5.76 Å². The lowest BCUT2D eigenvalue weighted by atomic mass is 10.2. The normalized spacial score (nSPS) is 10.7. The van der Waals surface area contributed by atoms with Gasteiger partial charge in [0.2, 0.25) is 17.6 Å². The molecule has 0 saturated carbocycles. The van der Waals surface area contributed by atoms with Crippen molar-refractivity contribution in [3.63, 3.8) is 0 Å². The van der Waals surface area contributed by atoms with E-state index in [-0.39, 0.29) is 12.3 Å². The number of aromatic amines is 1. The lowest BCUT2D eigenvalue weighted by Gasteiger charge is -2.04. The van der Waals surface area contributed by atoms with Crippen LogP contribution in [-0.4, -0.2) is 31.5 Å². The first kappa shape index (κ1) is 16.6. The zero-order valence-corrected chi connectivity index (χ0v) is 14.5. The van der Waals surface area contributed by atoms with Crippen molar-refractivity contribution in [1.82, 2.24) is 25.6 Å². The topological polar surface area (TPSA) is 110 Å². The quantitative estimate of drug-likeness (QED) is 0.566. The fraction of sp³-hybridized carbons (Fsp3) is 0.105. The van der Waals surface area contributed by atoms with Crippen LogP contribution in [0.1, 0.15) is 11.5 Å². The highest BCUT2D eigenvalue weighted by Gasteiger charge is 2.15. The molecule has 27 heavy (non-hydrogen) atoms. The van der Waals surface area contributed by atoms with Gasteiger partial charge >= 0.3 is 0 Å². The molecular formula is C19H16N6O2. The van der Waals surface area contributed by atoms with Gasteiger partial charge in [-0.15, -0.1) is 10.2 Å². The molecule has 8 heteroatoms. The Labute approximate surface area is 154 Å². The third-order valence-corrected chi connectivity index (χ3v) is 4.01. The van der Waals surface area contributed by atoms with Gasteiger partial charge in [0.15, 0.2) is 0 Å². The molecule has 0 aliphatic heterocycles. The number of hydrogen-bond acceptors (Lipinski definition) is 6. The summed E-state index contributed by atoms with van der Waals surface area (Å²) < 4.78 is 5.69. The summed E-state index contributed by atoms with van der Waals surface area (Å²) in [5, 5.41) is 16.6. The summed E-state index contributed by atoms with van der Waals surface area (Å²) in [7, 11) is 0. The molecule has 2 aromatic carbocycles. The van der Waals surface area contributed by atoms with Crippen molar-refractivity contribution < 1.29 is 9.21 Å². The summed E-state index contributed by atoms with van der Waals surface area (Å²) in [6.45, 7) is 1.81. The molecule has 0 aliphatic carbocycles. The van der Waals surface area contributed by atoms with Crippen molar-refractivity contribution in [3.05, 3.63) is 66.1 Å². The first-order chi connectivity index (χ1) is 13.2. The Morgan fingerprint density at radius 1 is 1.07 bits per heavy atom. The number of rotatable bonds is 5. The smallest absolute Gasteiger partial charge is 0.230 e. The van der Waals surface area contributed by atoms with E-state index in [1.807, 2.05) is 49.4 Å². The van der Waals surface area contributed by atoms with Gasteiger partial charge < -0.3 is 9.73 Å². The monoisotopic (exact) mass is 360 g/mol. The molecule has 1 amide bonds. The molecule has 0 aliphatic rings. The van der Waals surface area contributed by atoms with Crippen LogP contribution < -0.4 is 5.32 Å². The maximum atomic E-state index is 12.4. The van der Waals surface area contributed by atoms with Gasteiger partial charge in [-0.2, -0.15) is 5.21 Å². The highest BCUT2D eigenvalue weighted by atomic mass is 16.4. The minimum atomic E-state index is -0.168. The van der Waals surface area contributed by atoms with Crippen molar-refractivity contribution in [1.29, 1.82) is 0 Å². The second-order valence-corrected chi connectivity index (χ2v) is 5.93. The average Bonchev–Trinajstić information content (AvgIpc) is 3.34. The summed E-state index contributed by atoms with van der Waals surface area (Å²) >= 11 is 0. The van der Waals surface area contributed by atoms with E-state index in [2.05, 4.69) is 30.9 Å². The van der Waals surface area contributed by atoms with Gasteiger partial charge in [-0.1, -0.05) is 18.2 Å². The first-order valence-electron chi connectivity index (χ1n) is 8.34. The summed E-state index contributed by atoms with van der Waals surface area (Å²) in [5.41, 5.74) is 2.98. The molecule has 0 bridgehead atoms. The molecule has 4 rings (SSSR count). The van der Waals surface area contributed by atoms with Gasteiger partial charge in [0.05, 0.1) is 12.1 Å². The average molecular weight is 360 g/mol. The van der Waals surface area contributed by atoms with Crippen molar-refractivity contribution in [2.75, 3.05) is 5.32 Å². The van der Waals surface area contributed by atoms with Gasteiger partial charge in [-0.3, -0.25) is 4.79 Å². The number of hydrogen-bond donors (Lipinski definition) is 2. The van der Waals surface area contributed by atoms with Gasteiger partial charge in [-0.25, -0.2) is 4.98 Å². The van der Waals surface area contributed by atoms with E-state index in [1.54, 1.807) is 12.1 Å². The molecule has 0 atom stereocenters. The maximum Gasteiger partial charge on any atom is 0.230 e. The first-order valence-corrected chi connectivity index (χ1v) is 8.34. The summed E-state index contributed by atoms with van der Waals surface area (Å²) in [4.78, 5) is 16.8. The number of benzene rings is 2. The van der Waals surface area contributed by atoms with E-state index < -0.39 is 0 Å². The van der Waals surface area contributed by atoms with Crippen LogP contribution in [0.5, 0.6) is 0 Å². The Bertz CT molecular complexity index is 1040. The standard InChI is InChI=1S/C19H16N6O2/c1-12-16(21-19(27-12)14-5-3-2-4-6-14)11-17(26)20-15-9-7-13(8-10-15)18-22-24-25-23-18/h2-10H,11H2,1H3,(H,20,26)(H,22,23,24,25). The number of H-pyrrole nitrogens is 1. The number of tetrazole rings is 1. The van der Waals surface area contributed by atoms with E-state index in [9.17, 15) is 4.79 Å². The zero-order chi connectivity index (χ0) is 18.6. The van der Waals surface area contributed by atoms with Crippen LogP contribution in [0, 0.1) is 6.92 Å². The molecular weight excluding hydrogens is 344 g/mol. The van der Waals surface area contributed by atoms with E-state index >= 15 is 0 Å². The maximum absolute atomic E-state index is 12.4. The predicted octanol–water partition coefficient (Wildman–Crippen LogP) is 3.01. The van der Waals surface area contributed by atoms with Gasteiger partial charge in [0.25, 0.3) is 0 Å². The predicted molar refractivity (Wildman–Crippen MR) is 98.6 cm³/mol. The molecule has 134 valence electrons. The number of carbonyl (C=O) groups is 1. The molecule has 2 N–H and O–H groups in total. The van der Waals surface area contributed by atoms with Gasteiger partial charge in [-0.05, 0) is 48.5 Å². The molecule has 4 aromatic rings. The SMILES string of the molecule is Cc1oc(-c2ccccc2)nc1CC(=O)Nc1ccc(-c2nn[nH]n2)cc1. The van der Waals surface area contributed by atoms with E-state index in [0.717, 1.165) is 11.1 Å². The molecule has 8 nitrogen and oxygen atoms in total. The second kappa shape index (κ2) is 7.20. The fourth-order valence-corrected chi connectivity index (χ4v) is 2.64. The molecule has 0 saturated heterocycles. The third-order valence-electron chi connectivity index (χ3n) is 4.01. The highest BCUT2D eigenvalue weighted by Crippen LogP contribution is 2.22. The molecule has 0 fully saturated rings. The highest BCUT2D eigenvalue weighted by molar-refractivity contribution is 5.92. The van der Waals surface area contributed by atoms with Crippen LogP contribution in [0.2, 0.25) is 0 Å². The Balaban J connectivity index is 1.43. The van der Waals surface area contributed by atoms with Crippen molar-refractivity contribution >= 4 is 11.6 Å². The van der Waals surface area contributed by atoms with Crippen LogP contribution in [0.25, 0.3) is 22.8 Å². The number of nitrogens with zero attached hydrogens (tertiary/aromatic N) is 4. The summed E-state index contributed by atoms with van der Waals surface area (Å²) in [6.07, 6.45) is 0.134. The second-order valence-electron chi connectivity index (χ2n) is 5.93. The minimum absolute atomic E-state index is 0.134. The fourth-order valence-electron chi connectivity index (χ4n) is 2.64. The van der Waals surface area contributed by atoms with E-state index in [0.29, 0.717) is 28.9 Å². The molecule has 0 radical (unpaired) electrons. The van der Waals surface area contributed by atoms with Crippen LogP contribution >= 0.6 is 0 Å². The number of aryl methyl sites for hydroxylation is 1. The van der Waals surface area contributed by atoms with Crippen LogP contribution in [0.15, 0.2) is 59.0 Å². The van der Waals surface area contributed by atoms with E-state index in [1.165, 1.54) is 0 Å². The largest absolute Gasteiger partial charge is 0.441 e. The van der Waals surface area contributed by atoms with Crippen molar-refractivity contribution in [2.24, 2.45) is 0 Å². The Hall–Kier alpha value is -3.81. The number of aromatic nitrogens is 5. The van der Waals surface area contributed by atoms with Crippen molar-refractivity contribution in [2.45, 2.75) is 13.3 Å². The molecule has 2 aromatic heterocycles. The minimum Gasteiger partial charge on any atom is -0.441 e. The number of carbonyl (C=O) groups excluding carboxylic acids is 1. The number of amides is 1. The summed E-state index contributed by atoms with van der Waals surface area (Å²) in [6, 6.07) is 16.8. The van der Waals surface area contributed by atoms with Crippen molar-refractivity contribution in [3.8, 4) is 22.8 Å². The Kier molecular flexibility index (Phi) is 4.44. The van der Waals surface area contributed by atoms with E-state index in [4.69, 9.17) is 4.42 Å². The van der Waals surface area contributed by atoms with Crippen LogP contribution in [0.4, 0.5) is 5.69 Å². The molecule has 2 heterocycles. The zero-order valence-electron chi connectivity index (χ0n) is 14.5. The Morgan fingerprint density at radius 3 is 2.56 bits per heavy atom. The Morgan fingerprint density at radius 2 is 1.85 bits per heavy atom. The number of oxazole rings is 1. The number of anilines is 1. The summed E-state index contributed by atoms with van der Waals surface area (Å²) in [5.74, 6) is 1.48. The van der Waals surface area contributed by atoms with Gasteiger partial charge in [0, 0.05) is 16.8 Å². The van der Waals surface area contributed by atoms with Crippen LogP contribution in [0.3, 0.4) is 0 Å². The number of nitrogens with one attached hydrogen (secondary N) is 2.